The van der Waals surface area contributed by atoms with Gasteiger partial charge in [0.1, 0.15) is 5.15 Å². The fraction of sp³-hybridized carbons (Fsp3) is 0.611. The molecule has 0 spiro atoms. The third-order valence-corrected chi connectivity index (χ3v) is 5.37. The summed E-state index contributed by atoms with van der Waals surface area (Å²) < 4.78 is 1.79. The summed E-state index contributed by atoms with van der Waals surface area (Å²) >= 11 is 6.41. The molecule has 1 aromatic rings. The van der Waals surface area contributed by atoms with E-state index in [0.29, 0.717) is 24.2 Å². The molecule has 2 saturated heterocycles. The van der Waals surface area contributed by atoms with E-state index in [1.807, 2.05) is 16.7 Å². The van der Waals surface area contributed by atoms with Crippen molar-refractivity contribution in [1.82, 2.24) is 19.6 Å². The van der Waals surface area contributed by atoms with Crippen molar-refractivity contribution < 1.29 is 9.59 Å². The predicted molar refractivity (Wildman–Crippen MR) is 97.1 cm³/mol. The molecule has 0 aromatic carbocycles. The number of carbonyl (C=O) groups excluding carboxylic acids is 2. The van der Waals surface area contributed by atoms with Gasteiger partial charge in [-0.05, 0) is 25.3 Å². The predicted octanol–water partition coefficient (Wildman–Crippen LogP) is 2.35. The molecule has 0 N–H and O–H groups in total. The van der Waals surface area contributed by atoms with E-state index in [1.165, 1.54) is 0 Å². The van der Waals surface area contributed by atoms with Crippen molar-refractivity contribution in [2.45, 2.75) is 52.7 Å². The summed E-state index contributed by atoms with van der Waals surface area (Å²) in [7, 11) is 0. The minimum Gasteiger partial charge on any atom is -0.336 e. The lowest BCUT2D eigenvalue weighted by atomic mass is 10.2. The molecule has 0 unspecified atom stereocenters. The zero-order chi connectivity index (χ0) is 18.3. The van der Waals surface area contributed by atoms with E-state index in [4.69, 9.17) is 11.6 Å². The highest BCUT2D eigenvalue weighted by Crippen LogP contribution is 2.31. The normalized spacial score (nSPS) is 22.6. The molecule has 0 radical (unpaired) electrons. The Hall–Kier alpha value is -1.82. The molecule has 25 heavy (non-hydrogen) atoms. The maximum atomic E-state index is 12.6. The van der Waals surface area contributed by atoms with E-state index in [9.17, 15) is 9.59 Å². The van der Waals surface area contributed by atoms with E-state index < -0.39 is 0 Å². The van der Waals surface area contributed by atoms with Crippen LogP contribution in [-0.2, 0) is 16.1 Å². The smallest absolute Gasteiger partial charge is 0.246 e. The van der Waals surface area contributed by atoms with Crippen molar-refractivity contribution >= 4 is 29.5 Å². The molecule has 2 bridgehead atoms. The number of aromatic nitrogens is 2. The van der Waals surface area contributed by atoms with Crippen molar-refractivity contribution in [3.63, 3.8) is 0 Å². The van der Waals surface area contributed by atoms with Gasteiger partial charge in [0.15, 0.2) is 0 Å². The summed E-state index contributed by atoms with van der Waals surface area (Å²) in [6.45, 7) is 9.72. The number of nitrogens with zero attached hydrogens (tertiary/aromatic N) is 4. The van der Waals surface area contributed by atoms with Crippen molar-refractivity contribution in [2.24, 2.45) is 5.92 Å². The first-order valence-corrected chi connectivity index (χ1v) is 9.14. The summed E-state index contributed by atoms with van der Waals surface area (Å²) in [6.07, 6.45) is 4.22. The van der Waals surface area contributed by atoms with Gasteiger partial charge >= 0.3 is 0 Å². The largest absolute Gasteiger partial charge is 0.336 e. The monoisotopic (exact) mass is 364 g/mol. The number of halogens is 1. The Kier molecular flexibility index (Phi) is 4.91. The first-order chi connectivity index (χ1) is 11.8. The maximum Gasteiger partial charge on any atom is 0.246 e. The molecular formula is C18H25ClN4O2. The lowest BCUT2D eigenvalue weighted by molar-refractivity contribution is -0.135. The molecule has 0 aliphatic carbocycles. The van der Waals surface area contributed by atoms with E-state index in [0.717, 1.165) is 24.2 Å². The van der Waals surface area contributed by atoms with Crippen LogP contribution in [0.4, 0.5) is 0 Å². The van der Waals surface area contributed by atoms with Gasteiger partial charge in [-0.3, -0.25) is 14.3 Å². The Labute approximate surface area is 153 Å². The third kappa shape index (κ3) is 3.45. The van der Waals surface area contributed by atoms with E-state index in [2.05, 4.69) is 18.9 Å². The molecule has 3 rings (SSSR count). The highest BCUT2D eigenvalue weighted by atomic mass is 35.5. The molecule has 6 nitrogen and oxygen atoms in total. The topological polar surface area (TPSA) is 58.4 Å². The quantitative estimate of drug-likeness (QED) is 0.770. The molecule has 136 valence electrons. The Morgan fingerprint density at radius 3 is 2.48 bits per heavy atom. The Balaban J connectivity index is 1.69. The Bertz CT molecular complexity index is 725. The highest BCUT2D eigenvalue weighted by molar-refractivity contribution is 6.31. The molecule has 1 aromatic heterocycles. The molecule has 2 fully saturated rings. The first kappa shape index (κ1) is 18.0. The van der Waals surface area contributed by atoms with E-state index in [1.54, 1.807) is 23.8 Å². The van der Waals surface area contributed by atoms with Gasteiger partial charge in [0.05, 0.1) is 17.8 Å². The SMILES string of the molecule is CC(=O)N1C[C@@H]2C[C@H]1CN2C(=O)/C=C/c1c(C)nn(CC(C)C)c1Cl. The summed E-state index contributed by atoms with van der Waals surface area (Å²) in [4.78, 5) is 27.9. The number of rotatable bonds is 4. The van der Waals surface area contributed by atoms with Crippen molar-refractivity contribution in [3.8, 4) is 0 Å². The number of carbonyl (C=O) groups is 2. The Morgan fingerprint density at radius 2 is 1.92 bits per heavy atom. The molecule has 3 heterocycles. The average molecular weight is 365 g/mol. The van der Waals surface area contributed by atoms with Gasteiger partial charge in [-0.25, -0.2) is 0 Å². The summed E-state index contributed by atoms with van der Waals surface area (Å²) in [5, 5.41) is 5.03. The zero-order valence-electron chi connectivity index (χ0n) is 15.2. The van der Waals surface area contributed by atoms with Gasteiger partial charge in [-0.15, -0.1) is 0 Å². The number of piperazine rings is 1. The minimum atomic E-state index is -0.0252. The number of hydrogen-bond acceptors (Lipinski definition) is 3. The molecule has 2 atom stereocenters. The number of amides is 2. The summed E-state index contributed by atoms with van der Waals surface area (Å²) in [5.41, 5.74) is 1.62. The van der Waals surface area contributed by atoms with Gasteiger partial charge in [0.2, 0.25) is 11.8 Å². The lowest BCUT2D eigenvalue weighted by Crippen LogP contribution is -2.49. The minimum absolute atomic E-state index is 0.0252. The van der Waals surface area contributed by atoms with Crippen LogP contribution in [0.5, 0.6) is 0 Å². The molecule has 2 aliphatic heterocycles. The highest BCUT2D eigenvalue weighted by Gasteiger charge is 2.45. The van der Waals surface area contributed by atoms with Crippen LogP contribution < -0.4 is 0 Å². The van der Waals surface area contributed by atoms with Gasteiger partial charge in [0, 0.05) is 38.2 Å². The lowest BCUT2D eigenvalue weighted by Gasteiger charge is -2.33. The fourth-order valence-corrected chi connectivity index (χ4v) is 4.10. The summed E-state index contributed by atoms with van der Waals surface area (Å²) in [6, 6.07) is 0.297. The van der Waals surface area contributed by atoms with Gasteiger partial charge in [0.25, 0.3) is 0 Å². The average Bonchev–Trinajstić information content (AvgIpc) is 3.19. The van der Waals surface area contributed by atoms with Gasteiger partial charge in [-0.2, -0.15) is 5.10 Å². The van der Waals surface area contributed by atoms with Crippen LogP contribution in [0.25, 0.3) is 6.08 Å². The van der Waals surface area contributed by atoms with Crippen LogP contribution in [0.2, 0.25) is 5.15 Å². The zero-order valence-corrected chi connectivity index (χ0v) is 16.0. The van der Waals surface area contributed by atoms with Crippen molar-refractivity contribution in [3.05, 3.63) is 22.5 Å². The second kappa shape index (κ2) is 6.83. The molecular weight excluding hydrogens is 340 g/mol. The van der Waals surface area contributed by atoms with Crippen molar-refractivity contribution in [1.29, 1.82) is 0 Å². The van der Waals surface area contributed by atoms with Crippen LogP contribution in [-0.4, -0.2) is 56.6 Å². The maximum absolute atomic E-state index is 12.6. The van der Waals surface area contributed by atoms with Crippen LogP contribution in [0.1, 0.15) is 38.4 Å². The molecule has 0 saturated carbocycles. The van der Waals surface area contributed by atoms with Crippen LogP contribution >= 0.6 is 11.6 Å². The summed E-state index contributed by atoms with van der Waals surface area (Å²) in [5.74, 6) is 0.512. The molecule has 2 amide bonds. The number of hydrogen-bond donors (Lipinski definition) is 0. The second-order valence-electron chi connectivity index (χ2n) is 7.40. The molecule has 7 heteroatoms. The van der Waals surface area contributed by atoms with E-state index in [-0.39, 0.29) is 23.9 Å². The number of likely N-dealkylation sites (tertiary alicyclic amines) is 2. The fourth-order valence-electron chi connectivity index (χ4n) is 3.80. The standard InChI is InChI=1S/C18H25ClN4O2/c1-11(2)8-23-18(19)16(12(3)20-23)5-6-17(25)22-10-14-7-15(22)9-21(14)13(4)24/h5-6,11,14-15H,7-10H2,1-4H3/b6-5+/t14-,15-/m0/s1. The second-order valence-corrected chi connectivity index (χ2v) is 7.76. The van der Waals surface area contributed by atoms with Crippen LogP contribution in [0, 0.1) is 12.8 Å². The first-order valence-electron chi connectivity index (χ1n) is 8.76. The van der Waals surface area contributed by atoms with E-state index >= 15 is 0 Å². The number of fused-ring (bicyclic) bond motifs is 2. The third-order valence-electron chi connectivity index (χ3n) is 4.97. The molecule has 2 aliphatic rings. The van der Waals surface area contributed by atoms with Gasteiger partial charge < -0.3 is 9.80 Å². The number of aryl methyl sites for hydroxylation is 1. The van der Waals surface area contributed by atoms with Crippen LogP contribution in [0.15, 0.2) is 6.08 Å². The van der Waals surface area contributed by atoms with Crippen LogP contribution in [0.3, 0.4) is 0 Å². The Morgan fingerprint density at radius 1 is 1.28 bits per heavy atom. The van der Waals surface area contributed by atoms with Crippen molar-refractivity contribution in [2.75, 3.05) is 13.1 Å². The van der Waals surface area contributed by atoms with Gasteiger partial charge in [-0.1, -0.05) is 25.4 Å².